The zero-order valence-electron chi connectivity index (χ0n) is 16.1. The van der Waals surface area contributed by atoms with Crippen LogP contribution in [0.3, 0.4) is 0 Å². The molecule has 1 fully saturated rings. The first kappa shape index (κ1) is 19.7. The van der Waals surface area contributed by atoms with Crippen LogP contribution in [0.1, 0.15) is 44.6 Å². The molecule has 0 aliphatic heterocycles. The Morgan fingerprint density at radius 3 is 2.78 bits per heavy atom. The first-order valence-corrected chi connectivity index (χ1v) is 10.4. The van der Waals surface area contributed by atoms with Crippen molar-refractivity contribution in [1.82, 2.24) is 15.5 Å². The van der Waals surface area contributed by atoms with Gasteiger partial charge in [-0.2, -0.15) is 0 Å². The van der Waals surface area contributed by atoms with E-state index in [2.05, 4.69) is 29.4 Å². The fourth-order valence-corrected chi connectivity index (χ4v) is 4.04. The van der Waals surface area contributed by atoms with E-state index in [-0.39, 0.29) is 11.9 Å². The van der Waals surface area contributed by atoms with Crippen LogP contribution in [-0.2, 0) is 11.2 Å². The number of hydrogen-bond donors (Lipinski definition) is 1. The number of nitrogens with one attached hydrogen (secondary N) is 1. The van der Waals surface area contributed by atoms with Gasteiger partial charge in [0, 0.05) is 6.04 Å². The van der Waals surface area contributed by atoms with Crippen LogP contribution in [0.4, 0.5) is 0 Å². The molecule has 1 amide bonds. The molecule has 0 spiro atoms. The Morgan fingerprint density at radius 2 is 2.04 bits per heavy atom. The number of ether oxygens (including phenoxy) is 1. The zero-order chi connectivity index (χ0) is 19.2. The van der Waals surface area contributed by atoms with Gasteiger partial charge < -0.3 is 14.5 Å². The Balaban J connectivity index is 1.46. The summed E-state index contributed by atoms with van der Waals surface area (Å²) in [6.45, 7) is 4.49. The van der Waals surface area contributed by atoms with Crippen LogP contribution in [0.15, 0.2) is 33.9 Å². The van der Waals surface area contributed by atoms with E-state index in [1.807, 2.05) is 24.3 Å². The number of rotatable bonds is 7. The Kier molecular flexibility index (Phi) is 6.77. The number of hydrogen-bond acceptors (Lipinski definition) is 6. The minimum absolute atomic E-state index is 0.0286. The van der Waals surface area contributed by atoms with Crippen LogP contribution in [0.5, 0.6) is 5.75 Å². The second-order valence-corrected chi connectivity index (χ2v) is 8.14. The average Bonchev–Trinajstić information content (AvgIpc) is 3.12. The first-order valence-electron chi connectivity index (χ1n) is 9.42. The number of carbonyl (C=O) groups is 1. The maximum Gasteiger partial charge on any atom is 0.277 e. The van der Waals surface area contributed by atoms with Crippen molar-refractivity contribution in [2.75, 3.05) is 12.9 Å². The van der Waals surface area contributed by atoms with Gasteiger partial charge in [-0.15, -0.1) is 10.2 Å². The summed E-state index contributed by atoms with van der Waals surface area (Å²) in [4.78, 5) is 12.3. The van der Waals surface area contributed by atoms with Gasteiger partial charge >= 0.3 is 0 Å². The third-order valence-corrected chi connectivity index (χ3v) is 6.16. The molecule has 1 aromatic heterocycles. The summed E-state index contributed by atoms with van der Waals surface area (Å²) in [6, 6.07) is 8.01. The number of carbonyl (C=O) groups excluding carboxylic acids is 1. The predicted octanol–water partition coefficient (Wildman–Crippen LogP) is 3.70. The van der Waals surface area contributed by atoms with E-state index in [1.165, 1.54) is 24.6 Å². The molecule has 146 valence electrons. The molecule has 0 bridgehead atoms. The molecule has 1 aromatic carbocycles. The summed E-state index contributed by atoms with van der Waals surface area (Å²) in [6.07, 6.45) is 4.05. The molecule has 3 unspecified atom stereocenters. The van der Waals surface area contributed by atoms with Crippen molar-refractivity contribution in [2.45, 2.75) is 50.8 Å². The molecule has 1 heterocycles. The lowest BCUT2D eigenvalue weighted by atomic mass is 9.78. The van der Waals surface area contributed by atoms with Crippen LogP contribution in [0.25, 0.3) is 0 Å². The molecule has 0 radical (unpaired) electrons. The van der Waals surface area contributed by atoms with Crippen molar-refractivity contribution in [3.05, 3.63) is 35.7 Å². The summed E-state index contributed by atoms with van der Waals surface area (Å²) in [5.41, 5.74) is 1.06. The topological polar surface area (TPSA) is 77.2 Å². The van der Waals surface area contributed by atoms with Crippen LogP contribution in [-0.4, -0.2) is 35.0 Å². The average molecular weight is 390 g/mol. The summed E-state index contributed by atoms with van der Waals surface area (Å²) in [7, 11) is 1.64. The van der Waals surface area contributed by atoms with Gasteiger partial charge in [0.1, 0.15) is 5.75 Å². The molecule has 1 N–H and O–H groups in total. The van der Waals surface area contributed by atoms with E-state index in [1.54, 1.807) is 7.11 Å². The highest BCUT2D eigenvalue weighted by molar-refractivity contribution is 7.99. The third-order valence-electron chi connectivity index (χ3n) is 5.34. The van der Waals surface area contributed by atoms with Gasteiger partial charge in [-0.1, -0.05) is 50.6 Å². The number of nitrogens with zero attached hydrogens (tertiary/aromatic N) is 2. The van der Waals surface area contributed by atoms with Crippen molar-refractivity contribution < 1.29 is 13.9 Å². The fourth-order valence-electron chi connectivity index (χ4n) is 3.45. The van der Waals surface area contributed by atoms with E-state index < -0.39 is 0 Å². The minimum atomic E-state index is 0.0286. The molecular formula is C20H27N3O3S. The highest BCUT2D eigenvalue weighted by Gasteiger charge is 2.28. The molecule has 7 heteroatoms. The van der Waals surface area contributed by atoms with Crippen LogP contribution >= 0.6 is 11.8 Å². The van der Waals surface area contributed by atoms with Crippen molar-refractivity contribution >= 4 is 17.7 Å². The molecule has 3 atom stereocenters. The predicted molar refractivity (Wildman–Crippen MR) is 105 cm³/mol. The Labute approximate surface area is 164 Å². The van der Waals surface area contributed by atoms with Gasteiger partial charge in [0.05, 0.1) is 19.3 Å². The van der Waals surface area contributed by atoms with Gasteiger partial charge in [0.2, 0.25) is 11.8 Å². The number of aromatic nitrogens is 2. The molecule has 27 heavy (non-hydrogen) atoms. The lowest BCUT2D eigenvalue weighted by Gasteiger charge is -2.34. The zero-order valence-corrected chi connectivity index (χ0v) is 16.9. The molecule has 3 rings (SSSR count). The molecule has 6 nitrogen and oxygen atoms in total. The van der Waals surface area contributed by atoms with Crippen molar-refractivity contribution in [3.63, 3.8) is 0 Å². The smallest absolute Gasteiger partial charge is 0.277 e. The highest BCUT2D eigenvalue weighted by atomic mass is 32.2. The summed E-state index contributed by atoms with van der Waals surface area (Å²) < 4.78 is 10.8. The Hall–Kier alpha value is -2.02. The third kappa shape index (κ3) is 5.48. The quantitative estimate of drug-likeness (QED) is 0.728. The van der Waals surface area contributed by atoms with Crippen molar-refractivity contribution in [1.29, 1.82) is 0 Å². The second kappa shape index (κ2) is 9.26. The molecule has 2 aromatic rings. The Morgan fingerprint density at radius 1 is 1.26 bits per heavy atom. The first-order chi connectivity index (χ1) is 13.0. The number of methoxy groups -OCH3 is 1. The van der Waals surface area contributed by atoms with E-state index in [9.17, 15) is 4.79 Å². The van der Waals surface area contributed by atoms with Crippen LogP contribution in [0, 0.1) is 11.8 Å². The van der Waals surface area contributed by atoms with E-state index in [0.717, 1.165) is 17.7 Å². The molecule has 1 aliphatic rings. The van der Waals surface area contributed by atoms with Crippen molar-refractivity contribution in [2.24, 2.45) is 11.8 Å². The van der Waals surface area contributed by atoms with Gasteiger partial charge in [-0.25, -0.2) is 0 Å². The normalized spacial score (nSPS) is 22.4. The maximum absolute atomic E-state index is 12.3. The molecule has 1 saturated carbocycles. The lowest BCUT2D eigenvalue weighted by Crippen LogP contribution is -2.44. The number of amides is 1. The van der Waals surface area contributed by atoms with Crippen LogP contribution in [0.2, 0.25) is 0 Å². The fraction of sp³-hybridized carbons (Fsp3) is 0.550. The standard InChI is InChI=1S/C20H27N3O3S/c1-13-5-4-6-17(14(13)2)21-18(24)12-27-20-23-22-19(26-20)11-15-7-9-16(25-3)10-8-15/h7-10,13-14,17H,4-6,11-12H2,1-3H3,(H,21,24). The highest BCUT2D eigenvalue weighted by Crippen LogP contribution is 2.29. The van der Waals surface area contributed by atoms with E-state index >= 15 is 0 Å². The number of benzene rings is 1. The summed E-state index contributed by atoms with van der Waals surface area (Å²) in [5, 5.41) is 11.7. The Bertz CT molecular complexity index is 747. The van der Waals surface area contributed by atoms with E-state index in [0.29, 0.717) is 35.1 Å². The molecular weight excluding hydrogens is 362 g/mol. The lowest BCUT2D eigenvalue weighted by molar-refractivity contribution is -0.120. The summed E-state index contributed by atoms with van der Waals surface area (Å²) >= 11 is 1.28. The van der Waals surface area contributed by atoms with Gasteiger partial charge in [0.25, 0.3) is 5.22 Å². The van der Waals surface area contributed by atoms with E-state index in [4.69, 9.17) is 9.15 Å². The maximum atomic E-state index is 12.3. The molecule has 0 saturated heterocycles. The van der Waals surface area contributed by atoms with Gasteiger partial charge in [0.15, 0.2) is 0 Å². The minimum Gasteiger partial charge on any atom is -0.497 e. The van der Waals surface area contributed by atoms with Crippen LogP contribution < -0.4 is 10.1 Å². The monoisotopic (exact) mass is 389 g/mol. The molecule has 1 aliphatic carbocycles. The van der Waals surface area contributed by atoms with Crippen molar-refractivity contribution in [3.8, 4) is 5.75 Å². The largest absolute Gasteiger partial charge is 0.497 e. The second-order valence-electron chi connectivity index (χ2n) is 7.22. The summed E-state index contributed by atoms with van der Waals surface area (Å²) in [5.74, 6) is 2.86. The van der Waals surface area contributed by atoms with Gasteiger partial charge in [-0.3, -0.25) is 4.79 Å². The SMILES string of the molecule is COc1ccc(Cc2nnc(SCC(=O)NC3CCCC(C)C3C)o2)cc1. The number of thioether (sulfide) groups is 1. The van der Waals surface area contributed by atoms with Gasteiger partial charge in [-0.05, 0) is 36.0 Å².